The third-order valence-electron chi connectivity index (χ3n) is 7.07. The average molecular weight is 469 g/mol. The summed E-state index contributed by atoms with van der Waals surface area (Å²) in [5, 5.41) is 13.7. The average Bonchev–Trinajstić information content (AvgIpc) is 3.24. The van der Waals surface area contributed by atoms with E-state index >= 15 is 0 Å². The Hall–Kier alpha value is -3.25. The van der Waals surface area contributed by atoms with Crippen molar-refractivity contribution in [3.63, 3.8) is 0 Å². The van der Waals surface area contributed by atoms with E-state index in [1.165, 1.54) is 12.1 Å². The summed E-state index contributed by atoms with van der Waals surface area (Å²) in [6.07, 6.45) is 3.38. The first-order valence-corrected chi connectivity index (χ1v) is 11.7. The molecule has 3 aromatic rings. The molecule has 0 saturated carbocycles. The van der Waals surface area contributed by atoms with Gasteiger partial charge in [-0.1, -0.05) is 19.9 Å². The van der Waals surface area contributed by atoms with Crippen LogP contribution in [0.25, 0.3) is 11.0 Å². The Morgan fingerprint density at radius 1 is 1.18 bits per heavy atom. The predicted molar refractivity (Wildman–Crippen MR) is 128 cm³/mol. The number of piperazine rings is 1. The molecule has 0 bridgehead atoms. The molecule has 1 fully saturated rings. The van der Waals surface area contributed by atoms with Gasteiger partial charge in [-0.15, -0.1) is 0 Å². The van der Waals surface area contributed by atoms with Crippen molar-refractivity contribution in [2.75, 3.05) is 18.0 Å². The maximum atomic E-state index is 14.6. The van der Waals surface area contributed by atoms with Crippen LogP contribution in [-0.2, 0) is 13.6 Å². The molecule has 0 N–H and O–H groups in total. The minimum atomic E-state index is -0.581. The Morgan fingerprint density at radius 3 is 2.56 bits per heavy atom. The number of anilines is 1. The molecule has 3 heterocycles. The number of rotatable bonds is 6. The molecule has 4 rings (SSSR count). The van der Waals surface area contributed by atoms with E-state index in [0.29, 0.717) is 29.7 Å². The van der Waals surface area contributed by atoms with E-state index in [4.69, 9.17) is 5.26 Å². The summed E-state index contributed by atoms with van der Waals surface area (Å²) in [5.41, 5.74) is 2.49. The molecule has 1 aromatic carbocycles. The van der Waals surface area contributed by atoms with E-state index in [-0.39, 0.29) is 30.2 Å². The summed E-state index contributed by atoms with van der Waals surface area (Å²) in [5.74, 6) is -1.11. The van der Waals surface area contributed by atoms with Crippen LogP contribution in [0, 0.1) is 23.0 Å². The fourth-order valence-corrected chi connectivity index (χ4v) is 5.09. The van der Waals surface area contributed by atoms with Gasteiger partial charge in [-0.3, -0.25) is 14.4 Å². The third kappa shape index (κ3) is 4.18. The zero-order chi connectivity index (χ0) is 24.6. The van der Waals surface area contributed by atoms with Crippen LogP contribution in [0.5, 0.6) is 0 Å². The van der Waals surface area contributed by atoms with Crippen LogP contribution in [0.3, 0.4) is 0 Å². The number of benzene rings is 1. The van der Waals surface area contributed by atoms with Crippen LogP contribution in [0.4, 0.5) is 14.5 Å². The highest BCUT2D eigenvalue weighted by Crippen LogP contribution is 2.35. The highest BCUT2D eigenvalue weighted by molar-refractivity contribution is 5.88. The monoisotopic (exact) mass is 468 g/mol. The molecule has 2 aromatic heterocycles. The van der Waals surface area contributed by atoms with Crippen LogP contribution in [0.15, 0.2) is 35.3 Å². The van der Waals surface area contributed by atoms with Crippen molar-refractivity contribution in [2.24, 2.45) is 7.05 Å². The first-order chi connectivity index (χ1) is 16.3. The van der Waals surface area contributed by atoms with Gasteiger partial charge in [0, 0.05) is 56.0 Å². The van der Waals surface area contributed by atoms with Crippen molar-refractivity contribution in [3.8, 4) is 6.07 Å². The molecule has 9 heteroatoms. The summed E-state index contributed by atoms with van der Waals surface area (Å²) >= 11 is 0. The second kappa shape index (κ2) is 9.55. The summed E-state index contributed by atoms with van der Waals surface area (Å²) in [4.78, 5) is 17.3. The molecular weight excluding hydrogens is 438 g/mol. The quantitative estimate of drug-likeness (QED) is 0.547. The lowest BCUT2D eigenvalue weighted by atomic mass is 9.96. The topological polar surface area (TPSA) is 70.1 Å². The maximum absolute atomic E-state index is 14.6. The normalized spacial score (nSPS) is 20.0. The van der Waals surface area contributed by atoms with E-state index in [9.17, 15) is 13.6 Å². The molecule has 0 radical (unpaired) electrons. The van der Waals surface area contributed by atoms with Crippen molar-refractivity contribution < 1.29 is 8.78 Å². The van der Waals surface area contributed by atoms with Crippen molar-refractivity contribution in [1.82, 2.24) is 19.2 Å². The molecule has 180 valence electrons. The molecule has 0 amide bonds. The van der Waals surface area contributed by atoms with Crippen molar-refractivity contribution in [1.29, 1.82) is 5.26 Å². The van der Waals surface area contributed by atoms with Gasteiger partial charge in [0.15, 0.2) is 0 Å². The number of pyridine rings is 1. The molecule has 0 aliphatic carbocycles. The second-order valence-electron chi connectivity index (χ2n) is 8.96. The highest BCUT2D eigenvalue weighted by Gasteiger charge is 2.37. The van der Waals surface area contributed by atoms with E-state index < -0.39 is 11.6 Å². The number of halogens is 2. The molecular formula is C25H30F2N6O. The fraction of sp³-hybridized carbons (Fsp3) is 0.480. The zero-order valence-corrected chi connectivity index (χ0v) is 20.0. The summed E-state index contributed by atoms with van der Waals surface area (Å²) in [7, 11) is 1.70. The van der Waals surface area contributed by atoms with Gasteiger partial charge in [-0.2, -0.15) is 10.4 Å². The first-order valence-electron chi connectivity index (χ1n) is 11.7. The molecule has 0 spiro atoms. The third-order valence-corrected chi connectivity index (χ3v) is 7.07. The molecule has 7 nitrogen and oxygen atoms in total. The van der Waals surface area contributed by atoms with Crippen molar-refractivity contribution >= 4 is 16.7 Å². The van der Waals surface area contributed by atoms with Crippen molar-refractivity contribution in [3.05, 3.63) is 58.0 Å². The van der Waals surface area contributed by atoms with Crippen LogP contribution in [-0.4, -0.2) is 44.4 Å². The maximum Gasteiger partial charge on any atom is 0.252 e. The molecule has 34 heavy (non-hydrogen) atoms. The van der Waals surface area contributed by atoms with Gasteiger partial charge in [0.05, 0.1) is 23.5 Å². The Morgan fingerprint density at radius 2 is 1.91 bits per heavy atom. The smallest absolute Gasteiger partial charge is 0.252 e. The standard InChI is InChI=1S/C25H30F2N6O/c1-5-18-14-33(22-12-24(34)30(4)23-15-31(10-9-28)29-25(22)23)19(6-2)13-32(18)16(3)20-8-7-17(26)11-21(20)27/h7-8,11-12,15-16,18-19H,5-6,10,13-14H2,1-4H3/t16?,18-,19+/m1/s1. The number of hydrogen-bond donors (Lipinski definition) is 0. The SMILES string of the molecule is CC[C@H]1CN(C(C)c2ccc(F)cc2F)[C@H](CC)CN1c1cc(=O)n(C)c2cn(CC#N)nc12. The molecule has 1 aliphatic rings. The molecule has 3 atom stereocenters. The number of nitrogens with zero attached hydrogens (tertiary/aromatic N) is 6. The molecule has 1 saturated heterocycles. The summed E-state index contributed by atoms with van der Waals surface area (Å²) in [6.45, 7) is 7.57. The lowest BCUT2D eigenvalue weighted by Crippen LogP contribution is -2.59. The predicted octanol–water partition coefficient (Wildman–Crippen LogP) is 3.98. The van der Waals surface area contributed by atoms with Crippen LogP contribution in [0.2, 0.25) is 0 Å². The van der Waals surface area contributed by atoms with Crippen molar-refractivity contribution in [2.45, 2.75) is 58.3 Å². The molecule has 1 aliphatic heterocycles. The fourth-order valence-electron chi connectivity index (χ4n) is 5.09. The van der Waals surface area contributed by atoms with E-state index in [1.807, 2.05) is 6.92 Å². The number of aryl methyl sites for hydroxylation is 1. The number of nitriles is 1. The van der Waals surface area contributed by atoms with Gasteiger partial charge in [0.25, 0.3) is 5.56 Å². The van der Waals surface area contributed by atoms with Gasteiger partial charge in [0.1, 0.15) is 23.7 Å². The number of aromatic nitrogens is 3. The minimum absolute atomic E-state index is 0.0742. The largest absolute Gasteiger partial charge is 0.364 e. The highest BCUT2D eigenvalue weighted by atomic mass is 19.1. The van der Waals surface area contributed by atoms with Crippen LogP contribution >= 0.6 is 0 Å². The van der Waals surface area contributed by atoms with E-state index in [0.717, 1.165) is 24.6 Å². The number of hydrogen-bond acceptors (Lipinski definition) is 5. The zero-order valence-electron chi connectivity index (χ0n) is 20.0. The number of fused-ring (bicyclic) bond motifs is 1. The Labute approximate surface area is 197 Å². The Kier molecular flexibility index (Phi) is 6.71. The van der Waals surface area contributed by atoms with Gasteiger partial charge in [-0.25, -0.2) is 8.78 Å². The Bertz CT molecular complexity index is 1290. The Balaban J connectivity index is 1.73. The van der Waals surface area contributed by atoms with Gasteiger partial charge in [0.2, 0.25) is 0 Å². The lowest BCUT2D eigenvalue weighted by molar-refractivity contribution is 0.0993. The first kappa shape index (κ1) is 23.9. The van der Waals surface area contributed by atoms with Crippen LogP contribution < -0.4 is 10.5 Å². The van der Waals surface area contributed by atoms with E-state index in [1.54, 1.807) is 28.6 Å². The minimum Gasteiger partial charge on any atom is -0.364 e. The van der Waals surface area contributed by atoms with E-state index in [2.05, 4.69) is 34.8 Å². The summed E-state index contributed by atoms with van der Waals surface area (Å²) in [6, 6.07) is 7.44. The molecule has 1 unspecified atom stereocenters. The van der Waals surface area contributed by atoms with Gasteiger partial charge < -0.3 is 9.47 Å². The van der Waals surface area contributed by atoms with Gasteiger partial charge in [-0.05, 0) is 25.8 Å². The van der Waals surface area contributed by atoms with Gasteiger partial charge >= 0.3 is 0 Å². The second-order valence-corrected chi connectivity index (χ2v) is 8.96. The summed E-state index contributed by atoms with van der Waals surface area (Å²) < 4.78 is 31.2. The van der Waals surface area contributed by atoms with Crippen LogP contribution in [0.1, 0.15) is 45.2 Å². The lowest BCUT2D eigenvalue weighted by Gasteiger charge is -2.49.